The van der Waals surface area contributed by atoms with Gasteiger partial charge in [-0.25, -0.2) is 8.78 Å². The van der Waals surface area contributed by atoms with Crippen LogP contribution in [0.5, 0.6) is 0 Å². The van der Waals surface area contributed by atoms with E-state index in [9.17, 15) is 18.4 Å². The number of nitrogens with zero attached hydrogens (tertiary/aromatic N) is 3. The Morgan fingerprint density at radius 2 is 2.03 bits per heavy atom. The molecule has 1 aliphatic rings. The zero-order valence-electron chi connectivity index (χ0n) is 17.4. The van der Waals surface area contributed by atoms with Crippen molar-refractivity contribution in [2.45, 2.75) is 26.0 Å². The molecule has 4 rings (SSSR count). The monoisotopic (exact) mass is 477 g/mol. The maximum absolute atomic E-state index is 15.0. The smallest absolute Gasteiger partial charge is 0.247 e. The van der Waals surface area contributed by atoms with Crippen molar-refractivity contribution in [1.82, 2.24) is 20.4 Å². The number of benzene rings is 1. The number of primary amides is 1. The first-order valence-electron chi connectivity index (χ1n) is 9.82. The minimum atomic E-state index is -1.01. The van der Waals surface area contributed by atoms with Gasteiger partial charge < -0.3 is 20.3 Å². The van der Waals surface area contributed by atoms with E-state index >= 15 is 0 Å². The number of halogens is 3. The lowest BCUT2D eigenvalue weighted by molar-refractivity contribution is -0.168. The Morgan fingerprint density at radius 1 is 1.27 bits per heavy atom. The van der Waals surface area contributed by atoms with Crippen molar-refractivity contribution in [2.24, 2.45) is 11.7 Å². The second-order valence-corrected chi connectivity index (χ2v) is 7.97. The molecule has 1 aromatic carbocycles. The molecule has 172 valence electrons. The minimum absolute atomic E-state index is 0.0194. The van der Waals surface area contributed by atoms with E-state index in [0.717, 1.165) is 12.1 Å². The Labute approximate surface area is 191 Å². The first-order chi connectivity index (χ1) is 15.7. The van der Waals surface area contributed by atoms with E-state index in [1.807, 2.05) is 0 Å². The molecule has 1 saturated heterocycles. The van der Waals surface area contributed by atoms with Crippen LogP contribution in [-0.4, -0.2) is 39.6 Å². The maximum Gasteiger partial charge on any atom is 0.247 e. The molecule has 2 unspecified atom stereocenters. The minimum Gasteiger partial charge on any atom is -0.367 e. The fourth-order valence-electron chi connectivity index (χ4n) is 3.51. The molecular weight excluding hydrogens is 460 g/mol. The van der Waals surface area contributed by atoms with E-state index in [2.05, 4.69) is 20.4 Å². The standard InChI is InChI=1S/C21H18ClF2N5O4/c1-8(27-21(31)13-7-32-18(13)19(25)30)17-15(24)3-10(6-26-17)12-4-11(22)5-14(23)16(12)20-28-9(2)33-29-20/h3-6,8,13,18H,7H2,1-2H3,(H2,25,30)(H,27,31)/t8-,13?,18?/m1/s1. The summed E-state index contributed by atoms with van der Waals surface area (Å²) in [6, 6.07) is 2.85. The normalized spacial score (nSPS) is 18.5. The summed E-state index contributed by atoms with van der Waals surface area (Å²) in [4.78, 5) is 31.8. The van der Waals surface area contributed by atoms with Crippen LogP contribution in [0.15, 0.2) is 28.9 Å². The van der Waals surface area contributed by atoms with Gasteiger partial charge in [0.25, 0.3) is 0 Å². The van der Waals surface area contributed by atoms with Gasteiger partial charge in [0, 0.05) is 23.7 Å². The number of carbonyl (C=O) groups excluding carboxylic acids is 2. The number of hydrogen-bond acceptors (Lipinski definition) is 7. The average Bonchev–Trinajstić information content (AvgIpc) is 3.11. The van der Waals surface area contributed by atoms with Crippen molar-refractivity contribution in [3.8, 4) is 22.5 Å². The lowest BCUT2D eigenvalue weighted by Crippen LogP contribution is -2.55. The van der Waals surface area contributed by atoms with Crippen molar-refractivity contribution in [1.29, 1.82) is 0 Å². The van der Waals surface area contributed by atoms with Crippen LogP contribution in [0.25, 0.3) is 22.5 Å². The number of ether oxygens (including phenoxy) is 1. The van der Waals surface area contributed by atoms with Crippen LogP contribution < -0.4 is 11.1 Å². The molecular formula is C21H18ClF2N5O4. The predicted octanol–water partition coefficient (Wildman–Crippen LogP) is 2.72. The summed E-state index contributed by atoms with van der Waals surface area (Å²) < 4.78 is 39.6. The van der Waals surface area contributed by atoms with Gasteiger partial charge in [-0.05, 0) is 30.7 Å². The Kier molecular flexibility index (Phi) is 6.09. The van der Waals surface area contributed by atoms with Gasteiger partial charge in [0.05, 0.1) is 29.8 Å². The van der Waals surface area contributed by atoms with Crippen molar-refractivity contribution in [2.75, 3.05) is 6.61 Å². The quantitative estimate of drug-likeness (QED) is 0.557. The fourth-order valence-corrected chi connectivity index (χ4v) is 3.72. The van der Waals surface area contributed by atoms with Gasteiger partial charge in [-0.1, -0.05) is 16.8 Å². The number of nitrogens with two attached hydrogens (primary N) is 1. The van der Waals surface area contributed by atoms with Gasteiger partial charge >= 0.3 is 0 Å². The van der Waals surface area contributed by atoms with Crippen LogP contribution in [-0.2, 0) is 14.3 Å². The molecule has 2 amide bonds. The first kappa shape index (κ1) is 22.7. The zero-order valence-corrected chi connectivity index (χ0v) is 18.2. The number of aromatic nitrogens is 3. The molecule has 0 radical (unpaired) electrons. The first-order valence-corrected chi connectivity index (χ1v) is 10.2. The third-order valence-corrected chi connectivity index (χ3v) is 5.41. The highest BCUT2D eigenvalue weighted by atomic mass is 35.5. The van der Waals surface area contributed by atoms with Gasteiger partial charge in [0.15, 0.2) is 0 Å². The van der Waals surface area contributed by atoms with E-state index in [1.54, 1.807) is 6.92 Å². The van der Waals surface area contributed by atoms with Crippen LogP contribution >= 0.6 is 11.6 Å². The van der Waals surface area contributed by atoms with Crippen LogP contribution in [0.2, 0.25) is 5.02 Å². The molecule has 33 heavy (non-hydrogen) atoms. The second-order valence-electron chi connectivity index (χ2n) is 7.53. The largest absolute Gasteiger partial charge is 0.367 e. The van der Waals surface area contributed by atoms with Gasteiger partial charge in [-0.15, -0.1) is 0 Å². The highest BCUT2D eigenvalue weighted by molar-refractivity contribution is 6.31. The predicted molar refractivity (Wildman–Crippen MR) is 112 cm³/mol. The number of amides is 2. The molecule has 12 heteroatoms. The van der Waals surface area contributed by atoms with Crippen molar-refractivity contribution >= 4 is 23.4 Å². The summed E-state index contributed by atoms with van der Waals surface area (Å²) in [6.07, 6.45) is 0.309. The molecule has 3 heterocycles. The topological polar surface area (TPSA) is 133 Å². The van der Waals surface area contributed by atoms with Gasteiger partial charge in [-0.2, -0.15) is 4.98 Å². The van der Waals surface area contributed by atoms with Gasteiger partial charge in [0.1, 0.15) is 17.7 Å². The lowest BCUT2D eigenvalue weighted by Gasteiger charge is -2.33. The Bertz CT molecular complexity index is 1250. The number of hydrogen-bond donors (Lipinski definition) is 2. The SMILES string of the molecule is Cc1nc(-c2c(F)cc(Cl)cc2-c2cnc([C@@H](C)NC(=O)C3COC3C(N)=O)c(F)c2)no1. The molecule has 3 atom stereocenters. The van der Waals surface area contributed by atoms with Crippen molar-refractivity contribution in [3.05, 3.63) is 52.6 Å². The number of rotatable bonds is 6. The zero-order chi connectivity index (χ0) is 23.9. The van der Waals surface area contributed by atoms with Crippen molar-refractivity contribution < 1.29 is 27.6 Å². The number of aryl methyl sites for hydroxylation is 1. The van der Waals surface area contributed by atoms with E-state index < -0.39 is 41.5 Å². The number of carbonyl (C=O) groups is 2. The summed E-state index contributed by atoms with van der Waals surface area (Å²) in [5, 5.41) is 6.42. The molecule has 1 aliphatic heterocycles. The molecule has 9 nitrogen and oxygen atoms in total. The molecule has 2 aromatic heterocycles. The lowest BCUT2D eigenvalue weighted by atomic mass is 9.95. The Hall–Kier alpha value is -3.44. The second kappa shape index (κ2) is 8.83. The molecule has 3 aromatic rings. The van der Waals surface area contributed by atoms with Crippen LogP contribution in [0.4, 0.5) is 8.78 Å². The number of nitrogens with one attached hydrogen (secondary N) is 1. The average molecular weight is 478 g/mol. The van der Waals surface area contributed by atoms with Gasteiger partial charge in [0.2, 0.25) is 23.5 Å². The van der Waals surface area contributed by atoms with Gasteiger partial charge in [-0.3, -0.25) is 14.6 Å². The molecule has 0 spiro atoms. The van der Waals surface area contributed by atoms with Crippen molar-refractivity contribution in [3.63, 3.8) is 0 Å². The number of pyridine rings is 1. The van der Waals surface area contributed by atoms with E-state index in [1.165, 1.54) is 19.2 Å². The van der Waals surface area contributed by atoms with E-state index in [4.69, 9.17) is 26.6 Å². The molecule has 0 saturated carbocycles. The summed E-state index contributed by atoms with van der Waals surface area (Å²) >= 11 is 6.02. The molecule has 1 fully saturated rings. The highest BCUT2D eigenvalue weighted by Gasteiger charge is 2.42. The van der Waals surface area contributed by atoms with Crippen LogP contribution in [0, 0.1) is 24.5 Å². The van der Waals surface area contributed by atoms with E-state index in [0.29, 0.717) is 0 Å². The van der Waals surface area contributed by atoms with E-state index in [-0.39, 0.29) is 45.7 Å². The molecule has 3 N–H and O–H groups in total. The highest BCUT2D eigenvalue weighted by Crippen LogP contribution is 2.36. The summed E-state index contributed by atoms with van der Waals surface area (Å²) in [5.74, 6) is -3.25. The fraction of sp³-hybridized carbons (Fsp3) is 0.286. The summed E-state index contributed by atoms with van der Waals surface area (Å²) in [7, 11) is 0. The Balaban J connectivity index is 1.62. The Morgan fingerprint density at radius 3 is 2.61 bits per heavy atom. The summed E-state index contributed by atoms with van der Waals surface area (Å²) in [6.45, 7) is 3.13. The third-order valence-electron chi connectivity index (χ3n) is 5.19. The molecule has 0 bridgehead atoms. The third kappa shape index (κ3) is 4.41. The maximum atomic E-state index is 15.0. The van der Waals surface area contributed by atoms with Crippen LogP contribution in [0.1, 0.15) is 24.6 Å². The van der Waals surface area contributed by atoms with Crippen LogP contribution in [0.3, 0.4) is 0 Å². The summed E-state index contributed by atoms with van der Waals surface area (Å²) in [5.41, 5.74) is 5.53. The molecule has 0 aliphatic carbocycles.